The van der Waals surface area contributed by atoms with Crippen LogP contribution in [-0.2, 0) is 9.53 Å². The SMILES string of the molecule is CCOC(=O)CN1c2ccc(C)cc2[C@@H]2CNCCC[C@H]21. The molecule has 2 aliphatic rings. The molecule has 0 saturated carbocycles. The van der Waals surface area contributed by atoms with Gasteiger partial charge in [0, 0.05) is 24.2 Å². The van der Waals surface area contributed by atoms with E-state index in [9.17, 15) is 4.79 Å². The van der Waals surface area contributed by atoms with Crippen molar-refractivity contribution in [2.75, 3.05) is 31.1 Å². The van der Waals surface area contributed by atoms with E-state index in [4.69, 9.17) is 4.74 Å². The molecule has 114 valence electrons. The molecule has 1 aromatic rings. The van der Waals surface area contributed by atoms with E-state index in [0.717, 1.165) is 25.9 Å². The normalized spacial score (nSPS) is 24.2. The number of nitrogens with one attached hydrogen (secondary N) is 1. The van der Waals surface area contributed by atoms with Crippen molar-refractivity contribution in [3.8, 4) is 0 Å². The fraction of sp³-hybridized carbons (Fsp3) is 0.588. The highest BCUT2D eigenvalue weighted by Crippen LogP contribution is 2.43. The molecule has 0 aliphatic carbocycles. The second-order valence-electron chi connectivity index (χ2n) is 6.02. The molecular weight excluding hydrogens is 264 g/mol. The summed E-state index contributed by atoms with van der Waals surface area (Å²) in [4.78, 5) is 14.2. The Morgan fingerprint density at radius 2 is 2.33 bits per heavy atom. The first kappa shape index (κ1) is 14.4. The Kier molecular flexibility index (Phi) is 4.15. The standard InChI is InChI=1S/C17H24N2O2/c1-3-21-17(20)11-19-15-5-4-8-18-10-14(15)13-9-12(2)6-7-16(13)19/h6-7,9,14-15,18H,3-5,8,10-11H2,1-2H3/t14-,15+/m0/s1. The van der Waals surface area contributed by atoms with Crippen molar-refractivity contribution in [3.63, 3.8) is 0 Å². The molecule has 21 heavy (non-hydrogen) atoms. The van der Waals surface area contributed by atoms with Crippen LogP contribution in [0.5, 0.6) is 0 Å². The number of ether oxygens (including phenoxy) is 1. The van der Waals surface area contributed by atoms with Crippen LogP contribution in [0.3, 0.4) is 0 Å². The average molecular weight is 288 g/mol. The molecule has 0 unspecified atom stereocenters. The zero-order valence-electron chi connectivity index (χ0n) is 12.9. The number of rotatable bonds is 3. The minimum absolute atomic E-state index is 0.123. The molecule has 0 amide bonds. The van der Waals surface area contributed by atoms with Crippen LogP contribution in [0.2, 0.25) is 0 Å². The number of carbonyl (C=O) groups is 1. The van der Waals surface area contributed by atoms with E-state index in [0.29, 0.717) is 25.1 Å². The highest BCUT2D eigenvalue weighted by atomic mass is 16.5. The van der Waals surface area contributed by atoms with Gasteiger partial charge in [-0.2, -0.15) is 0 Å². The predicted octanol–water partition coefficient (Wildman–Crippen LogP) is 2.21. The number of carbonyl (C=O) groups excluding carboxylic acids is 1. The van der Waals surface area contributed by atoms with Gasteiger partial charge in [0.15, 0.2) is 0 Å². The Labute approximate surface area is 126 Å². The Balaban J connectivity index is 1.92. The van der Waals surface area contributed by atoms with Crippen LogP contribution < -0.4 is 10.2 Å². The highest BCUT2D eigenvalue weighted by molar-refractivity contribution is 5.78. The number of aryl methyl sites for hydroxylation is 1. The Hall–Kier alpha value is -1.55. The number of anilines is 1. The maximum Gasteiger partial charge on any atom is 0.325 e. The molecule has 2 atom stereocenters. The van der Waals surface area contributed by atoms with Crippen molar-refractivity contribution in [1.29, 1.82) is 0 Å². The maximum atomic E-state index is 12.0. The monoisotopic (exact) mass is 288 g/mol. The van der Waals surface area contributed by atoms with E-state index in [1.807, 2.05) is 6.92 Å². The molecule has 4 nitrogen and oxygen atoms in total. The summed E-state index contributed by atoms with van der Waals surface area (Å²) in [7, 11) is 0. The third-order valence-corrected chi connectivity index (χ3v) is 4.58. The first-order valence-electron chi connectivity index (χ1n) is 7.94. The average Bonchev–Trinajstić information content (AvgIpc) is 2.64. The van der Waals surface area contributed by atoms with Crippen LogP contribution in [0.15, 0.2) is 18.2 Å². The molecule has 0 radical (unpaired) electrons. The molecule has 4 heteroatoms. The number of hydrogen-bond acceptors (Lipinski definition) is 4. The first-order valence-corrected chi connectivity index (χ1v) is 7.94. The lowest BCUT2D eigenvalue weighted by molar-refractivity contribution is -0.141. The van der Waals surface area contributed by atoms with Crippen molar-refractivity contribution in [2.24, 2.45) is 0 Å². The van der Waals surface area contributed by atoms with Crippen LogP contribution in [-0.4, -0.2) is 38.3 Å². The van der Waals surface area contributed by atoms with Crippen LogP contribution in [0.4, 0.5) is 5.69 Å². The maximum absolute atomic E-state index is 12.0. The van der Waals surface area contributed by atoms with E-state index in [1.54, 1.807) is 0 Å². The summed E-state index contributed by atoms with van der Waals surface area (Å²) in [5, 5.41) is 3.54. The lowest BCUT2D eigenvalue weighted by Crippen LogP contribution is -2.39. The summed E-state index contributed by atoms with van der Waals surface area (Å²) in [6, 6.07) is 7.00. The van der Waals surface area contributed by atoms with Gasteiger partial charge >= 0.3 is 5.97 Å². The molecule has 0 aromatic heterocycles. The topological polar surface area (TPSA) is 41.6 Å². The fourth-order valence-corrected chi connectivity index (χ4v) is 3.68. The van der Waals surface area contributed by atoms with Crippen LogP contribution in [0, 0.1) is 6.92 Å². The van der Waals surface area contributed by atoms with Gasteiger partial charge in [0.1, 0.15) is 6.54 Å². The van der Waals surface area contributed by atoms with Crippen molar-refractivity contribution in [3.05, 3.63) is 29.3 Å². The Morgan fingerprint density at radius 3 is 3.14 bits per heavy atom. The molecule has 2 aliphatic heterocycles. The summed E-state index contributed by atoms with van der Waals surface area (Å²) < 4.78 is 5.16. The summed E-state index contributed by atoms with van der Waals surface area (Å²) in [6.07, 6.45) is 2.29. The Bertz CT molecular complexity index is 530. The fourth-order valence-electron chi connectivity index (χ4n) is 3.68. The van der Waals surface area contributed by atoms with Gasteiger partial charge < -0.3 is 15.0 Å². The minimum Gasteiger partial charge on any atom is -0.465 e. The molecule has 1 fully saturated rings. The van der Waals surface area contributed by atoms with Crippen molar-refractivity contribution in [2.45, 2.75) is 38.6 Å². The van der Waals surface area contributed by atoms with Crippen LogP contribution >= 0.6 is 0 Å². The molecule has 2 heterocycles. The second kappa shape index (κ2) is 6.06. The zero-order valence-corrected chi connectivity index (χ0v) is 12.9. The third-order valence-electron chi connectivity index (χ3n) is 4.58. The number of benzene rings is 1. The minimum atomic E-state index is -0.123. The summed E-state index contributed by atoms with van der Waals surface area (Å²) in [5.41, 5.74) is 3.89. The number of esters is 1. The first-order chi connectivity index (χ1) is 10.2. The van der Waals surface area contributed by atoms with E-state index in [1.165, 1.54) is 16.8 Å². The summed E-state index contributed by atoms with van der Waals surface area (Å²) >= 11 is 0. The molecular formula is C17H24N2O2. The van der Waals surface area contributed by atoms with Crippen molar-refractivity contribution in [1.82, 2.24) is 5.32 Å². The van der Waals surface area contributed by atoms with Crippen molar-refractivity contribution < 1.29 is 9.53 Å². The van der Waals surface area contributed by atoms with Gasteiger partial charge in [-0.15, -0.1) is 0 Å². The van der Waals surface area contributed by atoms with Gasteiger partial charge in [-0.1, -0.05) is 17.7 Å². The highest BCUT2D eigenvalue weighted by Gasteiger charge is 2.39. The van der Waals surface area contributed by atoms with Gasteiger partial charge in [0.05, 0.1) is 6.61 Å². The number of nitrogens with zero attached hydrogens (tertiary/aromatic N) is 1. The smallest absolute Gasteiger partial charge is 0.325 e. The lowest BCUT2D eigenvalue weighted by Gasteiger charge is -2.28. The van der Waals surface area contributed by atoms with E-state index in [2.05, 4.69) is 35.3 Å². The van der Waals surface area contributed by atoms with Gasteiger partial charge in [0.2, 0.25) is 0 Å². The molecule has 1 aromatic carbocycles. The van der Waals surface area contributed by atoms with E-state index >= 15 is 0 Å². The molecule has 1 N–H and O–H groups in total. The zero-order chi connectivity index (χ0) is 14.8. The van der Waals surface area contributed by atoms with Crippen molar-refractivity contribution >= 4 is 11.7 Å². The molecule has 1 saturated heterocycles. The lowest BCUT2D eigenvalue weighted by atomic mass is 9.92. The predicted molar refractivity (Wildman–Crippen MR) is 83.8 cm³/mol. The molecule has 0 bridgehead atoms. The van der Waals surface area contributed by atoms with Gasteiger partial charge in [-0.05, 0) is 44.9 Å². The molecule has 0 spiro atoms. The third kappa shape index (κ3) is 2.77. The second-order valence-corrected chi connectivity index (χ2v) is 6.02. The van der Waals surface area contributed by atoms with Gasteiger partial charge in [-0.3, -0.25) is 4.79 Å². The van der Waals surface area contributed by atoms with E-state index < -0.39 is 0 Å². The number of hydrogen-bond donors (Lipinski definition) is 1. The number of fused-ring (bicyclic) bond motifs is 3. The Morgan fingerprint density at radius 1 is 1.48 bits per heavy atom. The largest absolute Gasteiger partial charge is 0.465 e. The quantitative estimate of drug-likeness (QED) is 0.866. The summed E-state index contributed by atoms with van der Waals surface area (Å²) in [5.74, 6) is 0.360. The van der Waals surface area contributed by atoms with Gasteiger partial charge in [-0.25, -0.2) is 0 Å². The van der Waals surface area contributed by atoms with E-state index in [-0.39, 0.29) is 5.97 Å². The summed E-state index contributed by atoms with van der Waals surface area (Å²) in [6.45, 7) is 6.88. The van der Waals surface area contributed by atoms with Crippen LogP contribution in [0.25, 0.3) is 0 Å². The molecule has 3 rings (SSSR count). The van der Waals surface area contributed by atoms with Gasteiger partial charge in [0.25, 0.3) is 0 Å². The van der Waals surface area contributed by atoms with Crippen LogP contribution in [0.1, 0.15) is 36.8 Å².